The van der Waals surface area contributed by atoms with E-state index in [0.717, 1.165) is 19.3 Å². The molecule has 1 saturated carbocycles. The molecular weight excluding hydrogens is 128 g/mol. The molecular formula is C8H14O2. The van der Waals surface area contributed by atoms with Crippen molar-refractivity contribution in [1.82, 2.24) is 0 Å². The minimum absolute atomic E-state index is 0.171. The Morgan fingerprint density at radius 3 is 2.90 bits per heavy atom. The molecule has 10 heavy (non-hydrogen) atoms. The molecule has 0 aromatic carbocycles. The van der Waals surface area contributed by atoms with Crippen LogP contribution in [0.3, 0.4) is 0 Å². The lowest BCUT2D eigenvalue weighted by Gasteiger charge is -2.12. The number of aliphatic hydroxyl groups excluding tert-OH is 1. The Balaban J connectivity index is 2.05. The minimum Gasteiger partial charge on any atom is -0.390 e. The summed E-state index contributed by atoms with van der Waals surface area (Å²) in [5.74, 6) is 0.657. The molecule has 0 radical (unpaired) electrons. The molecule has 0 amide bonds. The maximum atomic E-state index is 9.39. The second-order valence-electron chi connectivity index (χ2n) is 3.55. The van der Waals surface area contributed by atoms with Crippen molar-refractivity contribution in [3.63, 3.8) is 0 Å². The zero-order valence-corrected chi connectivity index (χ0v) is 6.29. The molecule has 2 fully saturated rings. The number of ether oxygens (including phenoxy) is 1. The third-order valence-electron chi connectivity index (χ3n) is 2.70. The number of hydrogen-bond donors (Lipinski definition) is 1. The summed E-state index contributed by atoms with van der Waals surface area (Å²) in [6, 6.07) is 0. The molecule has 1 aliphatic carbocycles. The zero-order chi connectivity index (χ0) is 7.14. The van der Waals surface area contributed by atoms with E-state index in [2.05, 4.69) is 6.92 Å². The molecule has 0 spiro atoms. The van der Waals surface area contributed by atoms with Gasteiger partial charge in [0, 0.05) is 0 Å². The van der Waals surface area contributed by atoms with Crippen LogP contribution < -0.4 is 0 Å². The summed E-state index contributed by atoms with van der Waals surface area (Å²) in [5, 5.41) is 9.39. The van der Waals surface area contributed by atoms with Crippen LogP contribution in [0.4, 0.5) is 0 Å². The van der Waals surface area contributed by atoms with E-state index in [0.29, 0.717) is 12.0 Å². The summed E-state index contributed by atoms with van der Waals surface area (Å²) in [5.41, 5.74) is 0. The van der Waals surface area contributed by atoms with Gasteiger partial charge in [0.1, 0.15) is 0 Å². The first-order chi connectivity index (χ1) is 4.77. The second-order valence-corrected chi connectivity index (χ2v) is 3.55. The lowest BCUT2D eigenvalue weighted by atomic mass is 10.0. The van der Waals surface area contributed by atoms with Gasteiger partial charge in [0.25, 0.3) is 0 Å². The first kappa shape index (κ1) is 6.62. The third-order valence-corrected chi connectivity index (χ3v) is 2.70. The molecule has 0 bridgehead atoms. The maximum absolute atomic E-state index is 9.39. The Morgan fingerprint density at radius 1 is 1.40 bits per heavy atom. The monoisotopic (exact) mass is 142 g/mol. The van der Waals surface area contributed by atoms with E-state index < -0.39 is 0 Å². The van der Waals surface area contributed by atoms with Crippen LogP contribution in [0.15, 0.2) is 0 Å². The number of aliphatic hydroxyl groups is 1. The van der Waals surface area contributed by atoms with Gasteiger partial charge in [0.15, 0.2) is 0 Å². The molecule has 58 valence electrons. The van der Waals surface area contributed by atoms with Crippen LogP contribution in [0.1, 0.15) is 26.2 Å². The van der Waals surface area contributed by atoms with Gasteiger partial charge in [0.05, 0.1) is 18.3 Å². The van der Waals surface area contributed by atoms with Crippen molar-refractivity contribution in [1.29, 1.82) is 0 Å². The summed E-state index contributed by atoms with van der Waals surface area (Å²) < 4.78 is 5.55. The quantitative estimate of drug-likeness (QED) is 0.545. The van der Waals surface area contributed by atoms with Crippen LogP contribution in [0.5, 0.6) is 0 Å². The Hall–Kier alpha value is -0.0800. The maximum Gasteiger partial charge on any atom is 0.0866 e. The van der Waals surface area contributed by atoms with Crippen LogP contribution in [-0.2, 0) is 4.74 Å². The Morgan fingerprint density at radius 2 is 2.20 bits per heavy atom. The van der Waals surface area contributed by atoms with E-state index >= 15 is 0 Å². The molecule has 1 aliphatic heterocycles. The van der Waals surface area contributed by atoms with Gasteiger partial charge in [-0.2, -0.15) is 0 Å². The third kappa shape index (κ3) is 0.867. The highest BCUT2D eigenvalue weighted by Crippen LogP contribution is 2.38. The number of fused-ring (bicyclic) bond motifs is 1. The van der Waals surface area contributed by atoms with Crippen LogP contribution >= 0.6 is 0 Å². The van der Waals surface area contributed by atoms with E-state index in [1.807, 2.05) is 0 Å². The lowest BCUT2D eigenvalue weighted by Crippen LogP contribution is -2.23. The number of rotatable bonds is 0. The van der Waals surface area contributed by atoms with Gasteiger partial charge < -0.3 is 9.84 Å². The Bertz CT molecular complexity index is 135. The predicted molar refractivity (Wildman–Crippen MR) is 37.7 cm³/mol. The van der Waals surface area contributed by atoms with Crippen molar-refractivity contribution in [2.45, 2.75) is 44.5 Å². The van der Waals surface area contributed by atoms with Gasteiger partial charge in [-0.25, -0.2) is 0 Å². The first-order valence-corrected chi connectivity index (χ1v) is 4.11. The molecule has 2 heteroatoms. The van der Waals surface area contributed by atoms with Crippen molar-refractivity contribution >= 4 is 0 Å². The van der Waals surface area contributed by atoms with Crippen LogP contribution in [-0.4, -0.2) is 23.4 Å². The van der Waals surface area contributed by atoms with E-state index in [1.54, 1.807) is 0 Å². The largest absolute Gasteiger partial charge is 0.390 e. The van der Waals surface area contributed by atoms with Gasteiger partial charge in [-0.1, -0.05) is 0 Å². The molecule has 1 heterocycles. The van der Waals surface area contributed by atoms with Gasteiger partial charge >= 0.3 is 0 Å². The average Bonchev–Trinajstić information content (AvgIpc) is 2.35. The van der Waals surface area contributed by atoms with Crippen molar-refractivity contribution in [3.05, 3.63) is 0 Å². The van der Waals surface area contributed by atoms with Gasteiger partial charge in [0.2, 0.25) is 0 Å². The average molecular weight is 142 g/mol. The standard InChI is InChI=1S/C8H14O2/c1-5-4-6-2-3-7(9)8(6)10-5/h5-9H,2-4H2,1H3/t5-,6?,7+,8?/m0/s1. The van der Waals surface area contributed by atoms with Crippen LogP contribution in [0, 0.1) is 5.92 Å². The summed E-state index contributed by atoms with van der Waals surface area (Å²) >= 11 is 0. The van der Waals surface area contributed by atoms with Crippen molar-refractivity contribution < 1.29 is 9.84 Å². The van der Waals surface area contributed by atoms with E-state index in [-0.39, 0.29) is 12.2 Å². The highest BCUT2D eigenvalue weighted by molar-refractivity contribution is 4.91. The smallest absolute Gasteiger partial charge is 0.0866 e. The molecule has 2 rings (SSSR count). The summed E-state index contributed by atoms with van der Waals surface area (Å²) in [4.78, 5) is 0. The fourth-order valence-electron chi connectivity index (χ4n) is 2.23. The molecule has 4 atom stereocenters. The highest BCUT2D eigenvalue weighted by atomic mass is 16.5. The first-order valence-electron chi connectivity index (χ1n) is 4.11. The van der Waals surface area contributed by atoms with Crippen molar-refractivity contribution in [2.24, 2.45) is 5.92 Å². The summed E-state index contributed by atoms with van der Waals surface area (Å²) in [6.07, 6.45) is 3.65. The van der Waals surface area contributed by atoms with Gasteiger partial charge in [-0.05, 0) is 32.1 Å². The van der Waals surface area contributed by atoms with E-state index in [9.17, 15) is 5.11 Å². The summed E-state index contributed by atoms with van der Waals surface area (Å²) in [7, 11) is 0. The Labute approximate surface area is 61.2 Å². The number of hydrogen-bond acceptors (Lipinski definition) is 2. The van der Waals surface area contributed by atoms with Crippen LogP contribution in [0.2, 0.25) is 0 Å². The van der Waals surface area contributed by atoms with E-state index in [1.165, 1.54) is 0 Å². The minimum atomic E-state index is -0.171. The fraction of sp³-hybridized carbons (Fsp3) is 1.00. The topological polar surface area (TPSA) is 29.5 Å². The molecule has 0 aromatic heterocycles. The van der Waals surface area contributed by atoms with Crippen LogP contribution in [0.25, 0.3) is 0 Å². The molecule has 0 aromatic rings. The summed E-state index contributed by atoms with van der Waals surface area (Å²) in [6.45, 7) is 2.09. The van der Waals surface area contributed by atoms with E-state index in [4.69, 9.17) is 4.74 Å². The highest BCUT2D eigenvalue weighted by Gasteiger charge is 2.42. The predicted octanol–water partition coefficient (Wildman–Crippen LogP) is 0.935. The molecule has 2 unspecified atom stereocenters. The molecule has 2 aliphatic rings. The molecule has 1 saturated heterocycles. The Kier molecular flexibility index (Phi) is 1.46. The van der Waals surface area contributed by atoms with Crippen molar-refractivity contribution in [2.75, 3.05) is 0 Å². The second kappa shape index (κ2) is 2.21. The fourth-order valence-corrected chi connectivity index (χ4v) is 2.23. The van der Waals surface area contributed by atoms with Gasteiger partial charge in [-0.3, -0.25) is 0 Å². The normalized spacial score (nSPS) is 53.4. The zero-order valence-electron chi connectivity index (χ0n) is 6.29. The molecule has 1 N–H and O–H groups in total. The van der Waals surface area contributed by atoms with Gasteiger partial charge in [-0.15, -0.1) is 0 Å². The SMILES string of the molecule is C[C@H]1CC2CC[C@@H](O)C2O1. The lowest BCUT2D eigenvalue weighted by molar-refractivity contribution is -0.0217. The molecule has 2 nitrogen and oxygen atoms in total. The van der Waals surface area contributed by atoms with Crippen molar-refractivity contribution in [3.8, 4) is 0 Å².